The van der Waals surface area contributed by atoms with E-state index in [-0.39, 0.29) is 257 Å². The van der Waals surface area contributed by atoms with Gasteiger partial charge in [0.15, 0.2) is 6.29 Å². The van der Waals surface area contributed by atoms with Crippen LogP contribution in [0.25, 0.3) is 0 Å². The van der Waals surface area contributed by atoms with E-state index in [1.807, 2.05) is 0 Å². The molecule has 2 radical (unpaired) electrons. The maximum atomic E-state index is 5.65. The molecule has 3 fully saturated rings. The Morgan fingerprint density at radius 2 is 1.57 bits per heavy atom. The van der Waals surface area contributed by atoms with Gasteiger partial charge in [0.1, 0.15) is 26.7 Å². The predicted molar refractivity (Wildman–Crippen MR) is 53.8 cm³/mol. The first kappa shape index (κ1) is 29.8. The normalized spacial score (nSPS) is 36.3. The zero-order chi connectivity index (χ0) is 11.7. The van der Waals surface area contributed by atoms with Gasteiger partial charge >= 0.3 is 233 Å². The first-order valence-electron chi connectivity index (χ1n) is 5.29. The van der Waals surface area contributed by atoms with Crippen molar-refractivity contribution in [2.45, 2.75) is 30.7 Å². The molecule has 6 nitrogen and oxygen atoms in total. The number of rotatable bonds is 3. The molecule has 3 saturated heterocycles. The average molecular weight is 580 g/mol. The molecule has 0 saturated carbocycles. The first-order valence-corrected chi connectivity index (χ1v) is 5.29. The molecular formula is C10H11BO6Rb4+2. The maximum Gasteiger partial charge on any atom is 1.00 e. The van der Waals surface area contributed by atoms with Crippen LogP contribution in [0.1, 0.15) is 0 Å². The van der Waals surface area contributed by atoms with Crippen LogP contribution >= 0.6 is 0 Å². The monoisotopic (exact) mass is 578 g/mol. The summed E-state index contributed by atoms with van der Waals surface area (Å²) >= 11 is 0. The van der Waals surface area contributed by atoms with Gasteiger partial charge in [0.05, 0.1) is 18.5 Å². The minimum Gasteiger partial charge on any atom is -0.519 e. The van der Waals surface area contributed by atoms with E-state index in [1.54, 1.807) is 0 Å². The van der Waals surface area contributed by atoms with Crippen molar-refractivity contribution < 1.29 is 261 Å². The molecule has 92 valence electrons. The smallest absolute Gasteiger partial charge is 0.519 e. The van der Waals surface area contributed by atoms with Gasteiger partial charge in [0.2, 0.25) is 0 Å². The Morgan fingerprint density at radius 3 is 2.29 bits per heavy atom. The molecule has 0 N–H and O–H groups in total. The Balaban J connectivity index is 0. The van der Waals surface area contributed by atoms with Crippen molar-refractivity contribution in [1.29, 1.82) is 0 Å². The SMILES string of the molecule is [B]/C=C/OCC1O[CH-]OC2C1OC1O[CH-]OC12.[Rb+].[Rb+].[Rb+].[Rb+]. The minimum absolute atomic E-state index is 0. The van der Waals surface area contributed by atoms with Crippen LogP contribution in [0, 0.1) is 13.6 Å². The van der Waals surface area contributed by atoms with Gasteiger partial charge in [-0.1, -0.05) is 19.6 Å². The van der Waals surface area contributed by atoms with E-state index >= 15 is 0 Å². The zero-order valence-electron chi connectivity index (χ0n) is 12.9. The van der Waals surface area contributed by atoms with Crippen LogP contribution in [0.3, 0.4) is 0 Å². The van der Waals surface area contributed by atoms with Crippen LogP contribution in [0.4, 0.5) is 0 Å². The van der Waals surface area contributed by atoms with Crippen LogP contribution in [-0.2, 0) is 28.4 Å². The Morgan fingerprint density at radius 1 is 0.905 bits per heavy atom. The number of hydrogen-bond acceptors (Lipinski definition) is 6. The summed E-state index contributed by atoms with van der Waals surface area (Å²) in [5.74, 6) is 1.31. The van der Waals surface area contributed by atoms with Gasteiger partial charge in [-0.2, -0.15) is 0 Å². The molecule has 5 unspecified atom stereocenters. The molecule has 0 bridgehead atoms. The molecule has 11 heteroatoms. The van der Waals surface area contributed by atoms with E-state index < -0.39 is 6.29 Å². The topological polar surface area (TPSA) is 55.4 Å². The van der Waals surface area contributed by atoms with Crippen molar-refractivity contribution in [3.8, 4) is 0 Å². The van der Waals surface area contributed by atoms with Gasteiger partial charge in [-0.3, -0.25) is 0 Å². The van der Waals surface area contributed by atoms with E-state index in [1.165, 1.54) is 25.8 Å². The third-order valence-electron chi connectivity index (χ3n) is 2.85. The molecule has 0 aromatic rings. The van der Waals surface area contributed by atoms with Gasteiger partial charge in [0.25, 0.3) is 0 Å². The van der Waals surface area contributed by atoms with Gasteiger partial charge < -0.3 is 28.4 Å². The van der Waals surface area contributed by atoms with Gasteiger partial charge in [-0.15, -0.1) is 0 Å². The average Bonchev–Trinajstić information content (AvgIpc) is 2.90. The van der Waals surface area contributed by atoms with Gasteiger partial charge in [0, 0.05) is 0 Å². The zero-order valence-corrected chi connectivity index (χ0v) is 32.6. The largest absolute Gasteiger partial charge is 1.00 e. The third-order valence-corrected chi connectivity index (χ3v) is 2.85. The molecule has 3 rings (SSSR count). The van der Waals surface area contributed by atoms with Crippen molar-refractivity contribution in [1.82, 2.24) is 0 Å². The summed E-state index contributed by atoms with van der Waals surface area (Å²) in [7, 11) is 5.17. The Labute approximate surface area is 321 Å². The molecule has 0 spiro atoms. The standard InChI is InChI=1S/C10H11BO6.4Rb/c11-1-2-12-3-6-7-8(14-4-13-6)9-10(17-7)16-5-15-9;;;;/h1-2,4-10H,3H2;;;;/q-2;4*+1/b2-1+;;;;. The second-order valence-corrected chi connectivity index (χ2v) is 3.84. The first-order chi connectivity index (χ1) is 8.40. The molecular weight excluding hydrogens is 569 g/mol. The summed E-state index contributed by atoms with van der Waals surface area (Å²) in [5.41, 5.74) is 0. The van der Waals surface area contributed by atoms with E-state index in [0.29, 0.717) is 6.61 Å². The third kappa shape index (κ3) is 8.48. The van der Waals surface area contributed by atoms with Crippen LogP contribution in [0.15, 0.2) is 12.2 Å². The van der Waals surface area contributed by atoms with E-state index in [0.717, 1.165) is 0 Å². The quantitative estimate of drug-likeness (QED) is 0.188. The van der Waals surface area contributed by atoms with Gasteiger partial charge in [-0.25, -0.2) is 0 Å². The number of fused-ring (bicyclic) bond motifs is 3. The van der Waals surface area contributed by atoms with Crippen LogP contribution in [0.5, 0.6) is 0 Å². The van der Waals surface area contributed by atoms with E-state index in [2.05, 4.69) is 0 Å². The summed E-state index contributed by atoms with van der Waals surface area (Å²) in [4.78, 5) is 0. The molecule has 0 aromatic carbocycles. The molecule has 21 heavy (non-hydrogen) atoms. The minimum atomic E-state index is -0.437. The molecule has 3 aliphatic heterocycles. The molecule has 3 heterocycles. The van der Waals surface area contributed by atoms with Crippen molar-refractivity contribution >= 4 is 7.85 Å². The Hall–Kier alpha value is 6.63. The van der Waals surface area contributed by atoms with E-state index in [9.17, 15) is 0 Å². The van der Waals surface area contributed by atoms with Crippen LogP contribution in [-0.4, -0.2) is 45.2 Å². The van der Waals surface area contributed by atoms with Crippen molar-refractivity contribution in [3.05, 3.63) is 25.8 Å². The Kier molecular flexibility index (Phi) is 23.3. The number of hydrogen-bond donors (Lipinski definition) is 0. The molecule has 3 aliphatic rings. The fraction of sp³-hybridized carbons (Fsp3) is 0.600. The van der Waals surface area contributed by atoms with Crippen LogP contribution < -0.4 is 233 Å². The van der Waals surface area contributed by atoms with Crippen molar-refractivity contribution in [2.24, 2.45) is 0 Å². The van der Waals surface area contributed by atoms with Gasteiger partial charge in [-0.05, 0) is 0 Å². The fourth-order valence-corrected chi connectivity index (χ4v) is 2.09. The summed E-state index contributed by atoms with van der Waals surface area (Å²) in [6.07, 6.45) is -0.106. The summed E-state index contributed by atoms with van der Waals surface area (Å²) in [6, 6.07) is 0. The maximum absolute atomic E-state index is 5.65. The number of ether oxygens (including phenoxy) is 6. The second kappa shape index (κ2) is 16.4. The van der Waals surface area contributed by atoms with Crippen LogP contribution in [0.2, 0.25) is 0 Å². The molecule has 0 aromatic heterocycles. The predicted octanol–water partition coefficient (Wildman–Crippen LogP) is -12.2. The Bertz CT molecular complexity index is 313. The summed E-state index contributed by atoms with van der Waals surface area (Å²) in [6.45, 7) is 2.87. The van der Waals surface area contributed by atoms with E-state index in [4.69, 9.17) is 36.3 Å². The second-order valence-electron chi connectivity index (χ2n) is 3.84. The fourth-order valence-electron chi connectivity index (χ4n) is 2.09. The molecule has 0 aliphatic carbocycles. The van der Waals surface area contributed by atoms with Crippen molar-refractivity contribution in [3.63, 3.8) is 0 Å². The van der Waals surface area contributed by atoms with Crippen molar-refractivity contribution in [2.75, 3.05) is 6.61 Å². The molecule has 5 atom stereocenters. The summed E-state index contributed by atoms with van der Waals surface area (Å²) < 4.78 is 31.9. The molecule has 0 amide bonds. The summed E-state index contributed by atoms with van der Waals surface area (Å²) in [5, 5.41) is 0.